The molecular formula is C31H18ClN3S. The van der Waals surface area contributed by atoms with Crippen LogP contribution in [-0.4, -0.2) is 15.0 Å². The molecule has 0 radical (unpaired) electrons. The van der Waals surface area contributed by atoms with E-state index in [2.05, 4.69) is 88.8 Å². The largest absolute Gasteiger partial charge is 0.226 e. The van der Waals surface area contributed by atoms with E-state index in [1.807, 2.05) is 30.3 Å². The van der Waals surface area contributed by atoms with Crippen molar-refractivity contribution in [3.63, 3.8) is 0 Å². The van der Waals surface area contributed by atoms with Gasteiger partial charge in [-0.3, -0.25) is 0 Å². The van der Waals surface area contributed by atoms with Crippen LogP contribution >= 0.6 is 22.9 Å². The predicted molar refractivity (Wildman–Crippen MR) is 152 cm³/mol. The van der Waals surface area contributed by atoms with Crippen molar-refractivity contribution in [2.24, 2.45) is 0 Å². The van der Waals surface area contributed by atoms with Gasteiger partial charge in [0, 0.05) is 31.3 Å². The van der Waals surface area contributed by atoms with Gasteiger partial charge >= 0.3 is 0 Å². The highest BCUT2D eigenvalue weighted by atomic mass is 35.5. The maximum atomic E-state index is 6.39. The molecule has 3 nitrogen and oxygen atoms in total. The second kappa shape index (κ2) is 8.52. The van der Waals surface area contributed by atoms with Crippen LogP contribution in [0.4, 0.5) is 0 Å². The van der Waals surface area contributed by atoms with E-state index in [0.29, 0.717) is 11.6 Å². The second-order valence-corrected chi connectivity index (χ2v) is 10.1. The summed E-state index contributed by atoms with van der Waals surface area (Å²) in [5.41, 5.74) is 4.24. The lowest BCUT2D eigenvalue weighted by Crippen LogP contribution is -1.97. The molecule has 0 spiro atoms. The van der Waals surface area contributed by atoms with Crippen molar-refractivity contribution < 1.29 is 0 Å². The molecule has 2 heterocycles. The fourth-order valence-corrected chi connectivity index (χ4v) is 6.02. The molecule has 0 saturated carbocycles. The zero-order valence-electron chi connectivity index (χ0n) is 19.0. The highest BCUT2D eigenvalue weighted by molar-refractivity contribution is 7.25. The van der Waals surface area contributed by atoms with Crippen molar-refractivity contribution >= 4 is 53.9 Å². The molecule has 170 valence electrons. The Kier molecular flexibility index (Phi) is 5.01. The van der Waals surface area contributed by atoms with E-state index in [4.69, 9.17) is 16.6 Å². The van der Waals surface area contributed by atoms with E-state index in [9.17, 15) is 0 Å². The third-order valence-corrected chi connectivity index (χ3v) is 7.76. The quantitative estimate of drug-likeness (QED) is 0.243. The first-order valence-corrected chi connectivity index (χ1v) is 12.8. The molecular weight excluding hydrogens is 482 g/mol. The highest BCUT2D eigenvalue weighted by Gasteiger charge is 2.16. The molecule has 0 saturated heterocycles. The first-order chi connectivity index (χ1) is 17.7. The van der Waals surface area contributed by atoms with Crippen molar-refractivity contribution in [3.8, 4) is 33.9 Å². The molecule has 0 N–H and O–H groups in total. The first kappa shape index (κ1) is 21.2. The molecule has 5 heteroatoms. The van der Waals surface area contributed by atoms with E-state index >= 15 is 0 Å². The maximum absolute atomic E-state index is 6.39. The summed E-state index contributed by atoms with van der Waals surface area (Å²) in [6, 6.07) is 37.9. The average molecular weight is 500 g/mol. The van der Waals surface area contributed by atoms with Gasteiger partial charge in [0.25, 0.3) is 0 Å². The van der Waals surface area contributed by atoms with Crippen LogP contribution in [0.1, 0.15) is 0 Å². The predicted octanol–water partition coefficient (Wildman–Crippen LogP) is 9.05. The van der Waals surface area contributed by atoms with Crippen LogP contribution in [0.25, 0.3) is 64.8 Å². The van der Waals surface area contributed by atoms with Gasteiger partial charge in [-0.25, -0.2) is 4.98 Å². The number of fused-ring (bicyclic) bond motifs is 4. The minimum atomic E-state index is 0.187. The fourth-order valence-electron chi connectivity index (χ4n) is 4.75. The van der Waals surface area contributed by atoms with Gasteiger partial charge in [0.15, 0.2) is 11.6 Å². The number of thiophene rings is 1. The fraction of sp³-hybridized carbons (Fsp3) is 0. The zero-order valence-corrected chi connectivity index (χ0v) is 20.6. The summed E-state index contributed by atoms with van der Waals surface area (Å²) < 4.78 is 2.42. The lowest BCUT2D eigenvalue weighted by atomic mass is 9.98. The van der Waals surface area contributed by atoms with E-state index < -0.39 is 0 Å². The molecule has 5 aromatic carbocycles. The Morgan fingerprint density at radius 2 is 1.28 bits per heavy atom. The van der Waals surface area contributed by atoms with E-state index in [-0.39, 0.29) is 5.28 Å². The summed E-state index contributed by atoms with van der Waals surface area (Å²) in [6.07, 6.45) is 0. The van der Waals surface area contributed by atoms with Gasteiger partial charge in [-0.15, -0.1) is 11.3 Å². The Morgan fingerprint density at radius 1 is 0.528 bits per heavy atom. The summed E-state index contributed by atoms with van der Waals surface area (Å²) >= 11 is 8.16. The Morgan fingerprint density at radius 3 is 2.17 bits per heavy atom. The van der Waals surface area contributed by atoms with E-state index in [0.717, 1.165) is 16.5 Å². The van der Waals surface area contributed by atoms with Crippen LogP contribution in [0.5, 0.6) is 0 Å². The van der Waals surface area contributed by atoms with Crippen molar-refractivity contribution in [1.82, 2.24) is 15.0 Å². The maximum Gasteiger partial charge on any atom is 0.226 e. The summed E-state index contributed by atoms with van der Waals surface area (Å²) in [5, 5.41) is 4.99. The molecule has 0 unspecified atom stereocenters. The van der Waals surface area contributed by atoms with Crippen LogP contribution in [0.15, 0.2) is 109 Å². The smallest absolute Gasteiger partial charge is 0.208 e. The SMILES string of the molecule is Clc1nc(-c2ccccc2)nc(-c2cccc3sc4ccc(-c5ccc6ccccc6c5)cc4c23)n1. The number of rotatable bonds is 3. The highest BCUT2D eigenvalue weighted by Crippen LogP contribution is 2.41. The topological polar surface area (TPSA) is 38.7 Å². The van der Waals surface area contributed by atoms with Gasteiger partial charge in [0.1, 0.15) is 0 Å². The van der Waals surface area contributed by atoms with Crippen molar-refractivity contribution in [2.45, 2.75) is 0 Å². The van der Waals surface area contributed by atoms with Gasteiger partial charge in [0.2, 0.25) is 5.28 Å². The number of aromatic nitrogens is 3. The van der Waals surface area contributed by atoms with Crippen LogP contribution in [0.3, 0.4) is 0 Å². The normalized spacial score (nSPS) is 11.5. The lowest BCUT2D eigenvalue weighted by Gasteiger charge is -2.08. The van der Waals surface area contributed by atoms with Crippen molar-refractivity contribution in [2.75, 3.05) is 0 Å². The van der Waals surface area contributed by atoms with Gasteiger partial charge < -0.3 is 0 Å². The number of halogens is 1. The van der Waals surface area contributed by atoms with Crippen molar-refractivity contribution in [1.29, 1.82) is 0 Å². The summed E-state index contributed by atoms with van der Waals surface area (Å²) in [4.78, 5) is 13.7. The minimum Gasteiger partial charge on any atom is -0.208 e. The molecule has 0 aliphatic heterocycles. The molecule has 2 aromatic heterocycles. The summed E-state index contributed by atoms with van der Waals surface area (Å²) in [7, 11) is 0. The van der Waals surface area contributed by atoms with Crippen LogP contribution < -0.4 is 0 Å². The molecule has 0 amide bonds. The summed E-state index contributed by atoms with van der Waals surface area (Å²) in [5.74, 6) is 1.15. The van der Waals surface area contributed by atoms with Crippen LogP contribution in [0, 0.1) is 0 Å². The number of hydrogen-bond donors (Lipinski definition) is 0. The zero-order chi connectivity index (χ0) is 24.1. The monoisotopic (exact) mass is 499 g/mol. The Hall–Kier alpha value is -4.12. The Bertz CT molecular complexity index is 1910. The number of benzene rings is 5. The lowest BCUT2D eigenvalue weighted by molar-refractivity contribution is 1.07. The third kappa shape index (κ3) is 3.63. The molecule has 0 bridgehead atoms. The molecule has 0 aliphatic carbocycles. The summed E-state index contributed by atoms with van der Waals surface area (Å²) in [6.45, 7) is 0. The molecule has 7 aromatic rings. The number of nitrogens with zero attached hydrogens (tertiary/aromatic N) is 3. The Labute approximate surface area is 216 Å². The molecule has 36 heavy (non-hydrogen) atoms. The second-order valence-electron chi connectivity index (χ2n) is 8.67. The van der Waals surface area contributed by atoms with Gasteiger partial charge in [-0.1, -0.05) is 84.9 Å². The van der Waals surface area contributed by atoms with Gasteiger partial charge in [-0.05, 0) is 57.8 Å². The van der Waals surface area contributed by atoms with Gasteiger partial charge in [0.05, 0.1) is 0 Å². The van der Waals surface area contributed by atoms with Crippen LogP contribution in [0.2, 0.25) is 5.28 Å². The standard InChI is InChI=1S/C31H18ClN3S/c32-31-34-29(20-8-2-1-3-9-20)33-30(35-31)24-11-6-12-27-28(24)25-18-23(15-16-26(25)36-27)22-14-13-19-7-4-5-10-21(19)17-22/h1-18H. The average Bonchev–Trinajstić information content (AvgIpc) is 3.31. The van der Waals surface area contributed by atoms with Gasteiger partial charge in [-0.2, -0.15) is 9.97 Å². The van der Waals surface area contributed by atoms with E-state index in [1.165, 1.54) is 36.7 Å². The molecule has 0 fully saturated rings. The molecule has 0 aliphatic rings. The van der Waals surface area contributed by atoms with E-state index in [1.54, 1.807) is 11.3 Å². The molecule has 7 rings (SSSR count). The Balaban J connectivity index is 1.43. The first-order valence-electron chi connectivity index (χ1n) is 11.6. The number of hydrogen-bond acceptors (Lipinski definition) is 4. The molecule has 0 atom stereocenters. The van der Waals surface area contributed by atoms with Crippen molar-refractivity contribution in [3.05, 3.63) is 114 Å². The minimum absolute atomic E-state index is 0.187. The third-order valence-electron chi connectivity index (χ3n) is 6.46. The van der Waals surface area contributed by atoms with Crippen LogP contribution in [-0.2, 0) is 0 Å².